The first-order valence-electron chi connectivity index (χ1n) is 12.0. The first kappa shape index (κ1) is 32.1. The minimum absolute atomic E-state index is 0.0860. The maximum absolute atomic E-state index is 10.8. The molecule has 0 aromatic carbocycles. The van der Waals surface area contributed by atoms with Crippen LogP contribution in [0.3, 0.4) is 0 Å². The summed E-state index contributed by atoms with van der Waals surface area (Å²) in [6.07, 6.45) is 1.39. The van der Waals surface area contributed by atoms with Gasteiger partial charge in [-0.15, -0.1) is 6.58 Å². The van der Waals surface area contributed by atoms with Gasteiger partial charge in [0.25, 0.3) is 0 Å². The van der Waals surface area contributed by atoms with Crippen LogP contribution in [0.5, 0.6) is 0 Å². The highest BCUT2D eigenvalue weighted by Crippen LogP contribution is 2.29. The fourth-order valence-electron chi connectivity index (χ4n) is 3.78. The standard InChI is InChI=1S/C26H42O10/c1-5-26(4,36-25-23(32)22(31)21(30)20(15-28)35-25)11-7-10-18(14-27)9-6-8-16(2)12-19(29)13-17(3)24(33)34/h5,8,10,13,19-23,25,27-32H,1,6-7,9,11-12,14-15H2,2-4H3,(H,33,34)/b16-8+,17-13+,18-10-/t19?,20-,21-,22+,23-,25+,26-/m1/s1. The Bertz CT molecular complexity index is 803. The summed E-state index contributed by atoms with van der Waals surface area (Å²) in [6, 6.07) is 0. The molecule has 1 fully saturated rings. The molecule has 10 nitrogen and oxygen atoms in total. The van der Waals surface area contributed by atoms with Gasteiger partial charge in [-0.05, 0) is 64.5 Å². The van der Waals surface area contributed by atoms with Crippen LogP contribution in [0.1, 0.15) is 52.9 Å². The van der Waals surface area contributed by atoms with Crippen molar-refractivity contribution < 1.29 is 50.0 Å². The van der Waals surface area contributed by atoms with E-state index in [1.807, 2.05) is 19.1 Å². The molecule has 0 bridgehead atoms. The zero-order chi connectivity index (χ0) is 27.5. The van der Waals surface area contributed by atoms with Crippen LogP contribution in [0.4, 0.5) is 0 Å². The Balaban J connectivity index is 2.65. The lowest BCUT2D eigenvalue weighted by molar-refractivity contribution is -0.319. The van der Waals surface area contributed by atoms with Gasteiger partial charge in [0.05, 0.1) is 24.9 Å². The Hall–Kier alpha value is -1.89. The number of hydrogen-bond acceptors (Lipinski definition) is 9. The molecule has 0 spiro atoms. The summed E-state index contributed by atoms with van der Waals surface area (Å²) in [4.78, 5) is 10.8. The number of aliphatic hydroxyl groups is 6. The molecule has 7 N–H and O–H groups in total. The van der Waals surface area contributed by atoms with Gasteiger partial charge in [-0.25, -0.2) is 4.79 Å². The molecule has 0 saturated carbocycles. The van der Waals surface area contributed by atoms with Gasteiger partial charge in [0.1, 0.15) is 24.4 Å². The Labute approximate surface area is 212 Å². The molecular formula is C26H42O10. The van der Waals surface area contributed by atoms with E-state index in [0.717, 1.165) is 11.1 Å². The van der Waals surface area contributed by atoms with Gasteiger partial charge < -0.3 is 45.2 Å². The first-order chi connectivity index (χ1) is 16.9. The summed E-state index contributed by atoms with van der Waals surface area (Å²) in [7, 11) is 0. The molecule has 36 heavy (non-hydrogen) atoms. The Morgan fingerprint density at radius 3 is 2.33 bits per heavy atom. The van der Waals surface area contributed by atoms with E-state index in [2.05, 4.69) is 6.58 Å². The van der Waals surface area contributed by atoms with Crippen LogP contribution in [0.25, 0.3) is 0 Å². The molecule has 0 radical (unpaired) electrons. The number of aliphatic hydroxyl groups excluding tert-OH is 6. The van der Waals surface area contributed by atoms with Gasteiger partial charge in [-0.1, -0.05) is 23.8 Å². The highest BCUT2D eigenvalue weighted by atomic mass is 16.7. The van der Waals surface area contributed by atoms with E-state index in [1.165, 1.54) is 13.0 Å². The van der Waals surface area contributed by atoms with E-state index in [1.54, 1.807) is 13.0 Å². The normalized spacial score (nSPS) is 28.5. The molecule has 1 heterocycles. The maximum atomic E-state index is 10.8. The molecule has 10 heteroatoms. The lowest BCUT2D eigenvalue weighted by Gasteiger charge is -2.42. The van der Waals surface area contributed by atoms with Gasteiger partial charge in [-0.3, -0.25) is 0 Å². The summed E-state index contributed by atoms with van der Waals surface area (Å²) >= 11 is 0. The summed E-state index contributed by atoms with van der Waals surface area (Å²) in [5.74, 6) is -1.07. The van der Waals surface area contributed by atoms with Crippen LogP contribution in [-0.2, 0) is 14.3 Å². The Morgan fingerprint density at radius 2 is 1.78 bits per heavy atom. The molecule has 1 aliphatic heterocycles. The Morgan fingerprint density at radius 1 is 1.11 bits per heavy atom. The monoisotopic (exact) mass is 514 g/mol. The first-order valence-corrected chi connectivity index (χ1v) is 12.0. The third-order valence-corrected chi connectivity index (χ3v) is 6.21. The van der Waals surface area contributed by atoms with Gasteiger partial charge in [0, 0.05) is 5.57 Å². The van der Waals surface area contributed by atoms with Crippen LogP contribution in [0.15, 0.2) is 47.6 Å². The predicted molar refractivity (Wildman–Crippen MR) is 133 cm³/mol. The van der Waals surface area contributed by atoms with Crippen LogP contribution >= 0.6 is 0 Å². The van der Waals surface area contributed by atoms with E-state index in [-0.39, 0.29) is 12.2 Å². The predicted octanol–water partition coefficient (Wildman–Crippen LogP) is 0.955. The summed E-state index contributed by atoms with van der Waals surface area (Å²) in [6.45, 7) is 8.10. The topological polar surface area (TPSA) is 177 Å². The zero-order valence-electron chi connectivity index (χ0n) is 21.3. The third-order valence-electron chi connectivity index (χ3n) is 6.21. The smallest absolute Gasteiger partial charge is 0.331 e. The molecule has 1 aliphatic rings. The molecule has 1 rings (SSSR count). The fourth-order valence-corrected chi connectivity index (χ4v) is 3.78. The fraction of sp³-hybridized carbons (Fsp3) is 0.654. The van der Waals surface area contributed by atoms with E-state index >= 15 is 0 Å². The number of carbonyl (C=O) groups is 1. The van der Waals surface area contributed by atoms with Crippen LogP contribution in [0, 0.1) is 0 Å². The molecule has 0 aliphatic carbocycles. The lowest BCUT2D eigenvalue weighted by atomic mass is 9.96. The van der Waals surface area contributed by atoms with E-state index < -0.39 is 55.0 Å². The minimum Gasteiger partial charge on any atom is -0.478 e. The van der Waals surface area contributed by atoms with Gasteiger partial charge in [0.2, 0.25) is 0 Å². The number of ether oxygens (including phenoxy) is 2. The minimum atomic E-state index is -1.54. The van der Waals surface area contributed by atoms with Crippen molar-refractivity contribution in [3.05, 3.63) is 47.6 Å². The second-order valence-corrected chi connectivity index (χ2v) is 9.41. The number of aliphatic carboxylic acids is 1. The SMILES string of the molecule is C=C[C@](C)(CC/C=C(\CO)CC/C=C(\C)CC(O)/C=C(\C)C(=O)O)O[C@@H]1O[C@H](CO)[C@@H](O)[C@H](O)[C@H]1O. The number of hydrogen-bond donors (Lipinski definition) is 7. The second kappa shape index (κ2) is 15.4. The maximum Gasteiger partial charge on any atom is 0.331 e. The van der Waals surface area contributed by atoms with E-state index in [4.69, 9.17) is 14.6 Å². The van der Waals surface area contributed by atoms with Crippen molar-refractivity contribution in [1.29, 1.82) is 0 Å². The number of carboxylic acids is 1. The van der Waals surface area contributed by atoms with Crippen molar-refractivity contribution in [2.45, 2.75) is 95.3 Å². The number of allylic oxidation sites excluding steroid dienone is 2. The van der Waals surface area contributed by atoms with Crippen molar-refractivity contribution in [1.82, 2.24) is 0 Å². The lowest BCUT2D eigenvalue weighted by Crippen LogP contribution is -2.60. The highest BCUT2D eigenvalue weighted by Gasteiger charge is 2.45. The molecule has 0 aromatic heterocycles. The molecule has 1 unspecified atom stereocenters. The van der Waals surface area contributed by atoms with Crippen molar-refractivity contribution in [2.24, 2.45) is 0 Å². The van der Waals surface area contributed by atoms with Crippen molar-refractivity contribution in [2.75, 3.05) is 13.2 Å². The molecule has 1 saturated heterocycles. The van der Waals surface area contributed by atoms with Gasteiger partial charge in [-0.2, -0.15) is 0 Å². The van der Waals surface area contributed by atoms with Gasteiger partial charge >= 0.3 is 5.97 Å². The summed E-state index contributed by atoms with van der Waals surface area (Å²) < 4.78 is 11.3. The highest BCUT2D eigenvalue weighted by molar-refractivity contribution is 5.85. The molecule has 206 valence electrons. The average molecular weight is 515 g/mol. The van der Waals surface area contributed by atoms with Crippen LogP contribution in [-0.4, -0.2) is 97.3 Å². The summed E-state index contributed by atoms with van der Waals surface area (Å²) in [5.41, 5.74) is 0.837. The number of carboxylic acid groups (broad SMARTS) is 1. The van der Waals surface area contributed by atoms with Crippen molar-refractivity contribution in [3.8, 4) is 0 Å². The van der Waals surface area contributed by atoms with E-state index in [9.17, 15) is 35.4 Å². The molecule has 0 amide bonds. The third kappa shape index (κ3) is 10.2. The Kier molecular flexibility index (Phi) is 13.7. The molecule has 7 atom stereocenters. The molecular weight excluding hydrogens is 472 g/mol. The van der Waals surface area contributed by atoms with Crippen molar-refractivity contribution >= 4 is 5.97 Å². The van der Waals surface area contributed by atoms with E-state index in [0.29, 0.717) is 32.1 Å². The average Bonchev–Trinajstić information content (AvgIpc) is 2.83. The molecule has 0 aromatic rings. The van der Waals surface area contributed by atoms with Gasteiger partial charge in [0.15, 0.2) is 6.29 Å². The quantitative estimate of drug-likeness (QED) is 0.123. The zero-order valence-corrected chi connectivity index (χ0v) is 21.3. The number of rotatable bonds is 15. The van der Waals surface area contributed by atoms with Crippen LogP contribution < -0.4 is 0 Å². The summed E-state index contributed by atoms with van der Waals surface area (Å²) in [5, 5.41) is 68.0. The second-order valence-electron chi connectivity index (χ2n) is 9.41. The van der Waals surface area contributed by atoms with Crippen LogP contribution in [0.2, 0.25) is 0 Å². The van der Waals surface area contributed by atoms with Crippen molar-refractivity contribution in [3.63, 3.8) is 0 Å². The largest absolute Gasteiger partial charge is 0.478 e.